The maximum absolute atomic E-state index is 6.20. The lowest BCUT2D eigenvalue weighted by Gasteiger charge is -2.31. The van der Waals surface area contributed by atoms with E-state index in [1.54, 1.807) is 0 Å². The molecular weight excluding hydrogens is 222 g/mol. The number of nitrogens with zero attached hydrogens (tertiary/aromatic N) is 2. The second kappa shape index (κ2) is 5.81. The second-order valence-electron chi connectivity index (χ2n) is 5.88. The Balaban J connectivity index is 2.13. The lowest BCUT2D eigenvalue weighted by Crippen LogP contribution is -2.38. The van der Waals surface area contributed by atoms with Crippen molar-refractivity contribution in [2.45, 2.75) is 39.3 Å². The molecule has 2 heterocycles. The van der Waals surface area contributed by atoms with Crippen molar-refractivity contribution in [3.8, 4) is 0 Å². The average Bonchev–Trinajstić information content (AvgIpc) is 2.79. The minimum Gasteiger partial charge on any atom is -0.326 e. The molecule has 2 N–H and O–H groups in total. The van der Waals surface area contributed by atoms with Crippen LogP contribution < -0.4 is 5.73 Å². The van der Waals surface area contributed by atoms with Crippen molar-refractivity contribution in [1.82, 2.24) is 9.88 Å². The number of pyridine rings is 1. The lowest BCUT2D eigenvalue weighted by molar-refractivity contribution is 0.204. The van der Waals surface area contributed by atoms with Crippen molar-refractivity contribution in [1.29, 1.82) is 0 Å². The zero-order valence-corrected chi connectivity index (χ0v) is 11.7. The normalized spacial score (nSPS) is 24.4. The highest BCUT2D eigenvalue weighted by Crippen LogP contribution is 2.32. The Morgan fingerprint density at radius 2 is 2.17 bits per heavy atom. The van der Waals surface area contributed by atoms with E-state index in [-0.39, 0.29) is 6.04 Å². The van der Waals surface area contributed by atoms with Gasteiger partial charge in [0.25, 0.3) is 0 Å². The van der Waals surface area contributed by atoms with Crippen LogP contribution >= 0.6 is 0 Å². The Morgan fingerprint density at radius 1 is 1.39 bits per heavy atom. The molecule has 100 valence electrons. The molecule has 0 aromatic carbocycles. The summed E-state index contributed by atoms with van der Waals surface area (Å²) in [5.74, 6) is 1.57. The van der Waals surface area contributed by atoms with E-state index in [0.29, 0.717) is 6.04 Å². The molecular formula is C15H25N3. The SMILES string of the molecule is CC(C)C1CCN(C(c2cccnc2)C(C)N)C1. The summed E-state index contributed by atoms with van der Waals surface area (Å²) in [7, 11) is 0. The molecule has 0 bridgehead atoms. The molecule has 1 aromatic rings. The summed E-state index contributed by atoms with van der Waals surface area (Å²) in [5, 5.41) is 0. The largest absolute Gasteiger partial charge is 0.326 e. The van der Waals surface area contributed by atoms with Crippen molar-refractivity contribution in [3.63, 3.8) is 0 Å². The van der Waals surface area contributed by atoms with E-state index >= 15 is 0 Å². The summed E-state index contributed by atoms with van der Waals surface area (Å²) < 4.78 is 0. The Labute approximate surface area is 110 Å². The lowest BCUT2D eigenvalue weighted by atomic mass is 9.95. The molecule has 3 heteroatoms. The van der Waals surface area contributed by atoms with E-state index in [4.69, 9.17) is 5.73 Å². The Hall–Kier alpha value is -0.930. The highest BCUT2D eigenvalue weighted by atomic mass is 15.2. The standard InChI is InChI=1S/C15H25N3/c1-11(2)14-6-8-18(10-14)15(12(3)16)13-5-4-7-17-9-13/h4-5,7,9,11-12,14-15H,6,8,10,16H2,1-3H3. The molecule has 0 amide bonds. The van der Waals surface area contributed by atoms with Crippen molar-refractivity contribution < 1.29 is 0 Å². The van der Waals surface area contributed by atoms with Gasteiger partial charge in [0.2, 0.25) is 0 Å². The maximum atomic E-state index is 6.20. The van der Waals surface area contributed by atoms with Crippen molar-refractivity contribution in [3.05, 3.63) is 30.1 Å². The molecule has 3 unspecified atom stereocenters. The number of hydrogen-bond donors (Lipinski definition) is 1. The second-order valence-corrected chi connectivity index (χ2v) is 5.88. The van der Waals surface area contributed by atoms with Gasteiger partial charge in [0.1, 0.15) is 0 Å². The smallest absolute Gasteiger partial charge is 0.0511 e. The Morgan fingerprint density at radius 3 is 2.67 bits per heavy atom. The molecule has 2 rings (SSSR count). The predicted molar refractivity (Wildman–Crippen MR) is 75.1 cm³/mol. The molecule has 0 spiro atoms. The molecule has 3 atom stereocenters. The average molecular weight is 247 g/mol. The summed E-state index contributed by atoms with van der Waals surface area (Å²) in [5.41, 5.74) is 7.45. The first-order valence-electron chi connectivity index (χ1n) is 6.99. The zero-order valence-electron chi connectivity index (χ0n) is 11.7. The highest BCUT2D eigenvalue weighted by molar-refractivity contribution is 5.16. The van der Waals surface area contributed by atoms with Gasteiger partial charge < -0.3 is 5.73 Å². The Kier molecular flexibility index (Phi) is 4.36. The third-order valence-corrected chi connectivity index (χ3v) is 4.12. The quantitative estimate of drug-likeness (QED) is 0.888. The van der Waals surface area contributed by atoms with Crippen molar-refractivity contribution in [2.24, 2.45) is 17.6 Å². The number of aromatic nitrogens is 1. The molecule has 1 aliphatic heterocycles. The fraction of sp³-hybridized carbons (Fsp3) is 0.667. The summed E-state index contributed by atoms with van der Waals surface area (Å²) >= 11 is 0. The molecule has 1 saturated heterocycles. The van der Waals surface area contributed by atoms with E-state index in [0.717, 1.165) is 18.4 Å². The van der Waals surface area contributed by atoms with Gasteiger partial charge in [-0.1, -0.05) is 19.9 Å². The van der Waals surface area contributed by atoms with Crippen LogP contribution in [0.5, 0.6) is 0 Å². The molecule has 0 aliphatic carbocycles. The van der Waals surface area contributed by atoms with Crippen LogP contribution in [0.1, 0.15) is 38.8 Å². The van der Waals surface area contributed by atoms with Crippen molar-refractivity contribution in [2.75, 3.05) is 13.1 Å². The molecule has 0 saturated carbocycles. The van der Waals surface area contributed by atoms with Gasteiger partial charge in [-0.15, -0.1) is 0 Å². The van der Waals surface area contributed by atoms with E-state index < -0.39 is 0 Å². The third-order valence-electron chi connectivity index (χ3n) is 4.12. The minimum absolute atomic E-state index is 0.139. The molecule has 1 aromatic heterocycles. The number of nitrogens with two attached hydrogens (primary N) is 1. The van der Waals surface area contributed by atoms with Gasteiger partial charge in [0, 0.05) is 25.0 Å². The number of likely N-dealkylation sites (tertiary alicyclic amines) is 1. The zero-order chi connectivity index (χ0) is 13.1. The molecule has 3 nitrogen and oxygen atoms in total. The van der Waals surface area contributed by atoms with E-state index in [1.807, 2.05) is 18.5 Å². The van der Waals surface area contributed by atoms with Crippen LogP contribution in [0.3, 0.4) is 0 Å². The van der Waals surface area contributed by atoms with E-state index in [2.05, 4.69) is 36.7 Å². The summed E-state index contributed by atoms with van der Waals surface area (Å²) in [6.07, 6.45) is 5.07. The van der Waals surface area contributed by atoms with Crippen LogP contribution in [0.25, 0.3) is 0 Å². The van der Waals surface area contributed by atoms with E-state index in [9.17, 15) is 0 Å². The van der Waals surface area contributed by atoms with Gasteiger partial charge >= 0.3 is 0 Å². The monoisotopic (exact) mass is 247 g/mol. The van der Waals surface area contributed by atoms with E-state index in [1.165, 1.54) is 18.5 Å². The number of rotatable bonds is 4. The molecule has 18 heavy (non-hydrogen) atoms. The molecule has 1 fully saturated rings. The van der Waals surface area contributed by atoms with Gasteiger partial charge in [-0.25, -0.2) is 0 Å². The Bertz CT molecular complexity index is 361. The van der Waals surface area contributed by atoms with Gasteiger partial charge in [-0.3, -0.25) is 9.88 Å². The third kappa shape index (κ3) is 2.90. The van der Waals surface area contributed by atoms with Gasteiger partial charge in [-0.2, -0.15) is 0 Å². The fourth-order valence-corrected chi connectivity index (χ4v) is 3.01. The van der Waals surface area contributed by atoms with Gasteiger partial charge in [-0.05, 0) is 43.4 Å². The van der Waals surface area contributed by atoms with Crippen LogP contribution in [0.15, 0.2) is 24.5 Å². The van der Waals surface area contributed by atoms with Gasteiger partial charge in [0.05, 0.1) is 6.04 Å². The van der Waals surface area contributed by atoms with Crippen molar-refractivity contribution >= 4 is 0 Å². The molecule has 1 aliphatic rings. The van der Waals surface area contributed by atoms with Crippen LogP contribution in [0.4, 0.5) is 0 Å². The summed E-state index contributed by atoms with van der Waals surface area (Å²) in [6, 6.07) is 4.59. The predicted octanol–water partition coefficient (Wildman–Crippen LogP) is 2.45. The van der Waals surface area contributed by atoms with Crippen LogP contribution in [-0.4, -0.2) is 29.0 Å². The van der Waals surface area contributed by atoms with Crippen LogP contribution in [0, 0.1) is 11.8 Å². The first-order valence-corrected chi connectivity index (χ1v) is 6.99. The topological polar surface area (TPSA) is 42.2 Å². The summed E-state index contributed by atoms with van der Waals surface area (Å²) in [4.78, 5) is 6.77. The maximum Gasteiger partial charge on any atom is 0.0511 e. The minimum atomic E-state index is 0.139. The highest BCUT2D eigenvalue weighted by Gasteiger charge is 2.32. The van der Waals surface area contributed by atoms with Gasteiger partial charge in [0.15, 0.2) is 0 Å². The number of hydrogen-bond acceptors (Lipinski definition) is 3. The molecule has 0 radical (unpaired) electrons. The fourth-order valence-electron chi connectivity index (χ4n) is 3.01. The first kappa shape index (κ1) is 13.5. The summed E-state index contributed by atoms with van der Waals surface area (Å²) in [6.45, 7) is 9.06. The van der Waals surface area contributed by atoms with Crippen LogP contribution in [-0.2, 0) is 0 Å². The first-order chi connectivity index (χ1) is 8.59. The van der Waals surface area contributed by atoms with Crippen LogP contribution in [0.2, 0.25) is 0 Å².